The Morgan fingerprint density at radius 1 is 1.31 bits per heavy atom. The van der Waals surface area contributed by atoms with E-state index >= 15 is 0 Å². The number of rotatable bonds is 1. The minimum Gasteiger partial charge on any atom is -0.295 e. The van der Waals surface area contributed by atoms with Crippen molar-refractivity contribution in [2.24, 2.45) is 5.92 Å². The summed E-state index contributed by atoms with van der Waals surface area (Å²) in [5.41, 5.74) is 0.688. The molecular weight excluding hydrogens is 158 g/mol. The molecule has 1 heterocycles. The Morgan fingerprint density at radius 2 is 2.00 bits per heavy atom. The van der Waals surface area contributed by atoms with Crippen LogP contribution in [-0.2, 0) is 0 Å². The van der Waals surface area contributed by atoms with Gasteiger partial charge in [-0.1, -0.05) is 40.5 Å². The van der Waals surface area contributed by atoms with E-state index in [2.05, 4.69) is 18.7 Å². The summed E-state index contributed by atoms with van der Waals surface area (Å²) in [5.74, 6) is 0.969. The van der Waals surface area contributed by atoms with Crippen molar-refractivity contribution in [3.63, 3.8) is 0 Å². The van der Waals surface area contributed by atoms with Gasteiger partial charge in [0.25, 0.3) is 0 Å². The standard InChI is InChI=1S/C10H19N.C2H6/c1-3-11-8-10(11)7-5-4-6-9(10)2;1-2/h9H,3-8H2,1-2H3;1-2H3. The van der Waals surface area contributed by atoms with Crippen molar-refractivity contribution in [1.29, 1.82) is 0 Å². The third kappa shape index (κ3) is 1.90. The zero-order valence-electron chi connectivity index (χ0n) is 9.77. The van der Waals surface area contributed by atoms with Crippen LogP contribution in [0.5, 0.6) is 0 Å². The van der Waals surface area contributed by atoms with Crippen LogP contribution in [0.25, 0.3) is 0 Å². The van der Waals surface area contributed by atoms with E-state index in [-0.39, 0.29) is 0 Å². The quantitative estimate of drug-likeness (QED) is 0.564. The van der Waals surface area contributed by atoms with Crippen molar-refractivity contribution in [2.75, 3.05) is 13.1 Å². The van der Waals surface area contributed by atoms with E-state index in [0.29, 0.717) is 5.54 Å². The van der Waals surface area contributed by atoms with Crippen LogP contribution in [0.1, 0.15) is 53.4 Å². The van der Waals surface area contributed by atoms with Crippen molar-refractivity contribution in [2.45, 2.75) is 58.9 Å². The lowest BCUT2D eigenvalue weighted by atomic mass is 9.80. The van der Waals surface area contributed by atoms with Crippen LogP contribution in [-0.4, -0.2) is 23.5 Å². The molecule has 1 saturated carbocycles. The van der Waals surface area contributed by atoms with Gasteiger partial charge >= 0.3 is 0 Å². The number of nitrogens with zero attached hydrogens (tertiary/aromatic N) is 1. The molecule has 0 radical (unpaired) electrons. The van der Waals surface area contributed by atoms with Gasteiger partial charge in [0.15, 0.2) is 0 Å². The van der Waals surface area contributed by atoms with Crippen molar-refractivity contribution < 1.29 is 0 Å². The highest BCUT2D eigenvalue weighted by Crippen LogP contribution is 2.48. The number of hydrogen-bond donors (Lipinski definition) is 0. The van der Waals surface area contributed by atoms with Gasteiger partial charge in [-0.2, -0.15) is 0 Å². The summed E-state index contributed by atoms with van der Waals surface area (Å²) in [6.45, 7) is 11.4. The molecule has 13 heavy (non-hydrogen) atoms. The third-order valence-corrected chi connectivity index (χ3v) is 3.79. The van der Waals surface area contributed by atoms with Gasteiger partial charge in [0.2, 0.25) is 0 Å². The van der Waals surface area contributed by atoms with Crippen LogP contribution in [0.15, 0.2) is 0 Å². The highest BCUT2D eigenvalue weighted by atomic mass is 15.4. The Morgan fingerprint density at radius 3 is 2.46 bits per heavy atom. The summed E-state index contributed by atoms with van der Waals surface area (Å²) in [4.78, 5) is 2.65. The molecule has 1 aliphatic carbocycles. The van der Waals surface area contributed by atoms with Gasteiger partial charge in [-0.05, 0) is 25.3 Å². The van der Waals surface area contributed by atoms with Crippen molar-refractivity contribution >= 4 is 0 Å². The maximum Gasteiger partial charge on any atom is 0.0362 e. The molecule has 0 aromatic heterocycles. The maximum absolute atomic E-state index is 2.65. The molecule has 0 aromatic rings. The molecule has 1 nitrogen and oxygen atoms in total. The molecule has 78 valence electrons. The summed E-state index contributed by atoms with van der Waals surface area (Å²) in [6, 6.07) is 0. The summed E-state index contributed by atoms with van der Waals surface area (Å²) in [6.07, 6.45) is 5.89. The van der Waals surface area contributed by atoms with E-state index in [0.717, 1.165) is 5.92 Å². The largest absolute Gasteiger partial charge is 0.295 e. The molecule has 2 aliphatic rings. The minimum atomic E-state index is 0.688. The Bertz CT molecular complexity index is 155. The fourth-order valence-electron chi connectivity index (χ4n) is 2.82. The van der Waals surface area contributed by atoms with Crippen molar-refractivity contribution in [3.05, 3.63) is 0 Å². The molecule has 3 atom stereocenters. The second kappa shape index (κ2) is 4.45. The predicted molar refractivity (Wildman–Crippen MR) is 59.0 cm³/mol. The van der Waals surface area contributed by atoms with Gasteiger partial charge in [-0.15, -0.1) is 0 Å². The van der Waals surface area contributed by atoms with Gasteiger partial charge in [0, 0.05) is 12.1 Å². The van der Waals surface area contributed by atoms with Gasteiger partial charge in [0.05, 0.1) is 0 Å². The van der Waals surface area contributed by atoms with E-state index < -0.39 is 0 Å². The van der Waals surface area contributed by atoms with Crippen LogP contribution in [0.3, 0.4) is 0 Å². The number of hydrogen-bond acceptors (Lipinski definition) is 1. The first-order valence-corrected chi connectivity index (χ1v) is 6.04. The summed E-state index contributed by atoms with van der Waals surface area (Å²) in [7, 11) is 0. The number of likely N-dealkylation sites (N-methyl/N-ethyl adjacent to an activating group) is 1. The molecule has 2 rings (SSSR count). The monoisotopic (exact) mass is 183 g/mol. The summed E-state index contributed by atoms with van der Waals surface area (Å²) >= 11 is 0. The van der Waals surface area contributed by atoms with E-state index in [1.165, 1.54) is 38.8 Å². The van der Waals surface area contributed by atoms with Gasteiger partial charge in [-0.3, -0.25) is 4.90 Å². The molecular formula is C12H25N. The van der Waals surface area contributed by atoms with Crippen molar-refractivity contribution in [1.82, 2.24) is 4.90 Å². The molecule has 1 aliphatic heterocycles. The first kappa shape index (κ1) is 11.0. The molecule has 1 spiro atoms. The lowest BCUT2D eigenvalue weighted by molar-refractivity contribution is 0.236. The van der Waals surface area contributed by atoms with E-state index in [1.807, 2.05) is 13.8 Å². The molecule has 1 heteroatoms. The van der Waals surface area contributed by atoms with Crippen LogP contribution in [0, 0.1) is 5.92 Å². The summed E-state index contributed by atoms with van der Waals surface area (Å²) < 4.78 is 0. The first-order chi connectivity index (χ1) is 6.29. The van der Waals surface area contributed by atoms with Crippen LogP contribution in [0.4, 0.5) is 0 Å². The highest BCUT2D eigenvalue weighted by molar-refractivity contribution is 5.10. The zero-order chi connectivity index (χ0) is 9.90. The average Bonchev–Trinajstić information content (AvgIpc) is 2.89. The Labute approximate surface area is 83.5 Å². The molecule has 3 unspecified atom stereocenters. The van der Waals surface area contributed by atoms with Gasteiger partial charge in [-0.25, -0.2) is 0 Å². The molecule has 1 saturated heterocycles. The van der Waals surface area contributed by atoms with Crippen LogP contribution >= 0.6 is 0 Å². The smallest absolute Gasteiger partial charge is 0.0362 e. The second-order valence-electron chi connectivity index (χ2n) is 4.26. The van der Waals surface area contributed by atoms with E-state index in [9.17, 15) is 0 Å². The second-order valence-corrected chi connectivity index (χ2v) is 4.26. The topological polar surface area (TPSA) is 3.01 Å². The molecule has 0 N–H and O–H groups in total. The van der Waals surface area contributed by atoms with Gasteiger partial charge < -0.3 is 0 Å². The highest BCUT2D eigenvalue weighted by Gasteiger charge is 2.54. The Hall–Kier alpha value is -0.0400. The van der Waals surface area contributed by atoms with E-state index in [1.54, 1.807) is 0 Å². The SMILES string of the molecule is CC.CCN1CC12CCCCC2C. The molecule has 0 bridgehead atoms. The predicted octanol–water partition coefficient (Wildman–Crippen LogP) is 3.30. The maximum atomic E-state index is 2.65. The van der Waals surface area contributed by atoms with E-state index in [4.69, 9.17) is 0 Å². The molecule has 0 amide bonds. The summed E-state index contributed by atoms with van der Waals surface area (Å²) in [5, 5.41) is 0. The normalized spacial score (nSPS) is 42.5. The Balaban J connectivity index is 0.000000396. The molecule has 0 aromatic carbocycles. The lowest BCUT2D eigenvalue weighted by Crippen LogP contribution is -2.30. The third-order valence-electron chi connectivity index (χ3n) is 3.79. The molecule has 2 fully saturated rings. The zero-order valence-corrected chi connectivity index (χ0v) is 9.77. The van der Waals surface area contributed by atoms with Crippen LogP contribution < -0.4 is 0 Å². The average molecular weight is 183 g/mol. The van der Waals surface area contributed by atoms with Gasteiger partial charge in [0.1, 0.15) is 0 Å². The first-order valence-electron chi connectivity index (χ1n) is 6.04. The van der Waals surface area contributed by atoms with Crippen molar-refractivity contribution in [3.8, 4) is 0 Å². The van der Waals surface area contributed by atoms with Crippen LogP contribution in [0.2, 0.25) is 0 Å². The Kier molecular flexibility index (Phi) is 3.78. The fourth-order valence-corrected chi connectivity index (χ4v) is 2.82. The lowest BCUT2D eigenvalue weighted by Gasteiger charge is -2.29. The minimum absolute atomic E-state index is 0.688. The fraction of sp³-hybridized carbons (Fsp3) is 1.00.